The standard InChI is InChI=1S/C19H24ClN5O3S/c1-19(2,3)17(23-16(26)13-7-9-14(20)10-8-13)24-18(25-29(4,27)28)22-15-6-5-11-21-12-15/h5-12,17H,1-4H3,(H,23,26)(H2,22,24,25). The number of nitrogens with zero attached hydrogens (tertiary/aromatic N) is 2. The average molecular weight is 438 g/mol. The average Bonchev–Trinajstić information content (AvgIpc) is 2.60. The lowest BCUT2D eigenvalue weighted by molar-refractivity contribution is 0.0906. The molecule has 0 aliphatic heterocycles. The lowest BCUT2D eigenvalue weighted by Gasteiger charge is -2.29. The van der Waals surface area contributed by atoms with Crippen LogP contribution >= 0.6 is 11.6 Å². The zero-order valence-corrected chi connectivity index (χ0v) is 18.2. The van der Waals surface area contributed by atoms with E-state index < -0.39 is 21.6 Å². The number of amides is 1. The molecule has 156 valence electrons. The zero-order chi connectivity index (χ0) is 21.7. The lowest BCUT2D eigenvalue weighted by atomic mass is 9.92. The zero-order valence-electron chi connectivity index (χ0n) is 16.6. The summed E-state index contributed by atoms with van der Waals surface area (Å²) in [5.41, 5.74) is 0.444. The molecule has 1 aromatic carbocycles. The van der Waals surface area contributed by atoms with Crippen LogP contribution in [0.2, 0.25) is 5.02 Å². The second-order valence-electron chi connectivity index (χ2n) is 7.47. The number of carbonyl (C=O) groups is 1. The molecule has 2 rings (SSSR count). The first-order valence-electron chi connectivity index (χ1n) is 8.73. The SMILES string of the molecule is CC(C)(C)C(N=C(Nc1cccnc1)NS(C)(=O)=O)NC(=O)c1ccc(Cl)cc1. The number of pyridine rings is 1. The minimum absolute atomic E-state index is 0.0307. The van der Waals surface area contributed by atoms with Crippen LogP contribution in [0.4, 0.5) is 5.69 Å². The third-order valence-corrected chi connectivity index (χ3v) is 4.48. The van der Waals surface area contributed by atoms with Crippen molar-refractivity contribution < 1.29 is 13.2 Å². The maximum Gasteiger partial charge on any atom is 0.252 e. The fourth-order valence-corrected chi connectivity index (χ4v) is 2.79. The van der Waals surface area contributed by atoms with E-state index in [-0.39, 0.29) is 11.9 Å². The number of hydrogen-bond acceptors (Lipinski definition) is 5. The fraction of sp³-hybridized carbons (Fsp3) is 0.316. The molecule has 0 aliphatic rings. The second-order valence-corrected chi connectivity index (χ2v) is 9.65. The van der Waals surface area contributed by atoms with E-state index in [0.717, 1.165) is 6.26 Å². The highest BCUT2D eigenvalue weighted by atomic mass is 35.5. The highest BCUT2D eigenvalue weighted by Crippen LogP contribution is 2.21. The minimum atomic E-state index is -3.61. The van der Waals surface area contributed by atoms with Crippen LogP contribution in [0.3, 0.4) is 0 Å². The predicted octanol–water partition coefficient (Wildman–Crippen LogP) is 2.85. The Morgan fingerprint density at radius 1 is 1.17 bits per heavy atom. The Morgan fingerprint density at radius 3 is 2.34 bits per heavy atom. The van der Waals surface area contributed by atoms with Gasteiger partial charge in [0.2, 0.25) is 16.0 Å². The Balaban J connectivity index is 2.34. The van der Waals surface area contributed by atoms with Crippen LogP contribution in [0.25, 0.3) is 0 Å². The second kappa shape index (κ2) is 9.23. The van der Waals surface area contributed by atoms with Gasteiger partial charge in [0.1, 0.15) is 6.17 Å². The van der Waals surface area contributed by atoms with E-state index in [2.05, 4.69) is 25.3 Å². The van der Waals surface area contributed by atoms with Gasteiger partial charge in [0.05, 0.1) is 18.1 Å². The van der Waals surface area contributed by atoms with Crippen LogP contribution in [0.15, 0.2) is 53.8 Å². The summed E-state index contributed by atoms with van der Waals surface area (Å²) in [7, 11) is -3.61. The van der Waals surface area contributed by atoms with Gasteiger partial charge in [-0.15, -0.1) is 0 Å². The molecule has 0 saturated heterocycles. The topological polar surface area (TPSA) is 113 Å². The van der Waals surface area contributed by atoms with E-state index in [4.69, 9.17) is 11.6 Å². The van der Waals surface area contributed by atoms with Gasteiger partial charge in [-0.1, -0.05) is 32.4 Å². The Hall–Kier alpha value is -2.65. The Labute approximate surface area is 175 Å². The molecule has 1 amide bonds. The van der Waals surface area contributed by atoms with Crippen molar-refractivity contribution in [3.63, 3.8) is 0 Å². The number of sulfonamides is 1. The Kier molecular flexibility index (Phi) is 7.21. The van der Waals surface area contributed by atoms with Gasteiger partial charge >= 0.3 is 0 Å². The highest BCUT2D eigenvalue weighted by Gasteiger charge is 2.27. The highest BCUT2D eigenvalue weighted by molar-refractivity contribution is 7.89. The number of carbonyl (C=O) groups excluding carboxylic acids is 1. The number of hydrogen-bond donors (Lipinski definition) is 3. The lowest BCUT2D eigenvalue weighted by Crippen LogP contribution is -2.46. The van der Waals surface area contributed by atoms with Gasteiger partial charge in [0.15, 0.2) is 0 Å². The third kappa shape index (κ3) is 7.71. The maximum atomic E-state index is 12.6. The molecule has 0 fully saturated rings. The first-order valence-corrected chi connectivity index (χ1v) is 11.0. The summed E-state index contributed by atoms with van der Waals surface area (Å²) < 4.78 is 25.9. The third-order valence-electron chi connectivity index (χ3n) is 3.66. The first kappa shape index (κ1) is 22.6. The van der Waals surface area contributed by atoms with Crippen LogP contribution in [0.1, 0.15) is 31.1 Å². The first-order chi connectivity index (χ1) is 13.4. The molecule has 0 spiro atoms. The predicted molar refractivity (Wildman–Crippen MR) is 115 cm³/mol. The Morgan fingerprint density at radius 2 is 1.83 bits per heavy atom. The van der Waals surface area contributed by atoms with E-state index in [1.54, 1.807) is 42.6 Å². The molecule has 0 radical (unpaired) electrons. The summed E-state index contributed by atoms with van der Waals surface area (Å²) in [5, 5.41) is 6.24. The number of halogens is 1. The van der Waals surface area contributed by atoms with E-state index in [1.807, 2.05) is 20.8 Å². The number of aliphatic imine (C=N–C) groups is 1. The van der Waals surface area contributed by atoms with Gasteiger partial charge < -0.3 is 10.6 Å². The number of anilines is 1. The van der Waals surface area contributed by atoms with E-state index >= 15 is 0 Å². The van der Waals surface area contributed by atoms with Crippen LogP contribution < -0.4 is 15.4 Å². The summed E-state index contributed by atoms with van der Waals surface area (Å²) in [6.45, 7) is 5.64. The molecule has 8 nitrogen and oxygen atoms in total. The van der Waals surface area contributed by atoms with Crippen molar-refractivity contribution in [1.82, 2.24) is 15.0 Å². The molecule has 1 atom stereocenters. The normalized spacial score (nSPS) is 13.5. The summed E-state index contributed by atoms with van der Waals surface area (Å²) in [4.78, 5) is 21.1. The van der Waals surface area contributed by atoms with Gasteiger partial charge in [-0.25, -0.2) is 13.4 Å². The van der Waals surface area contributed by atoms with Crippen molar-refractivity contribution in [2.24, 2.45) is 10.4 Å². The molecule has 0 saturated carbocycles. The minimum Gasteiger partial charge on any atom is -0.330 e. The molecule has 3 N–H and O–H groups in total. The van der Waals surface area contributed by atoms with Gasteiger partial charge in [0.25, 0.3) is 5.91 Å². The van der Waals surface area contributed by atoms with Crippen molar-refractivity contribution in [1.29, 1.82) is 0 Å². The smallest absolute Gasteiger partial charge is 0.252 e. The number of nitrogens with one attached hydrogen (secondary N) is 3. The van der Waals surface area contributed by atoms with E-state index in [9.17, 15) is 13.2 Å². The molecule has 1 unspecified atom stereocenters. The summed E-state index contributed by atoms with van der Waals surface area (Å²) in [6, 6.07) is 9.85. The van der Waals surface area contributed by atoms with Crippen LogP contribution in [0.5, 0.6) is 0 Å². The quantitative estimate of drug-likeness (QED) is 0.491. The molecular weight excluding hydrogens is 414 g/mol. The largest absolute Gasteiger partial charge is 0.330 e. The van der Waals surface area contributed by atoms with Crippen molar-refractivity contribution in [3.8, 4) is 0 Å². The van der Waals surface area contributed by atoms with Gasteiger partial charge in [-0.05, 0) is 36.4 Å². The van der Waals surface area contributed by atoms with Gasteiger partial charge in [-0.3, -0.25) is 14.5 Å². The number of benzene rings is 1. The molecule has 10 heteroatoms. The van der Waals surface area contributed by atoms with Gasteiger partial charge in [-0.2, -0.15) is 0 Å². The van der Waals surface area contributed by atoms with Crippen molar-refractivity contribution in [2.45, 2.75) is 26.9 Å². The number of aromatic nitrogens is 1. The molecule has 29 heavy (non-hydrogen) atoms. The summed E-state index contributed by atoms with van der Waals surface area (Å²) in [6.07, 6.45) is 3.40. The van der Waals surface area contributed by atoms with Crippen LogP contribution in [-0.4, -0.2) is 37.7 Å². The number of guanidine groups is 1. The molecule has 1 aromatic heterocycles. The molecule has 2 aromatic rings. The molecule has 0 bridgehead atoms. The number of rotatable bonds is 5. The fourth-order valence-electron chi connectivity index (χ4n) is 2.21. The monoisotopic (exact) mass is 437 g/mol. The van der Waals surface area contributed by atoms with Crippen molar-refractivity contribution in [3.05, 3.63) is 59.4 Å². The van der Waals surface area contributed by atoms with Gasteiger partial charge in [0, 0.05) is 22.2 Å². The van der Waals surface area contributed by atoms with E-state index in [1.165, 1.54) is 6.20 Å². The van der Waals surface area contributed by atoms with Crippen molar-refractivity contribution in [2.75, 3.05) is 11.6 Å². The van der Waals surface area contributed by atoms with Crippen LogP contribution in [0, 0.1) is 5.41 Å². The molecule has 0 aliphatic carbocycles. The Bertz CT molecular complexity index is 971. The summed E-state index contributed by atoms with van der Waals surface area (Å²) in [5.74, 6) is -0.387. The van der Waals surface area contributed by atoms with Crippen molar-refractivity contribution >= 4 is 39.2 Å². The maximum absolute atomic E-state index is 12.6. The molecular formula is C19H24ClN5O3S. The van der Waals surface area contributed by atoms with E-state index in [0.29, 0.717) is 16.3 Å². The van der Waals surface area contributed by atoms with Crippen LogP contribution in [-0.2, 0) is 10.0 Å². The summed E-state index contributed by atoms with van der Waals surface area (Å²) >= 11 is 5.87. The molecule has 1 heterocycles.